The van der Waals surface area contributed by atoms with E-state index >= 15 is 0 Å². The molecule has 5 aromatic rings. The molecule has 7 nitrogen and oxygen atoms in total. The van der Waals surface area contributed by atoms with E-state index in [1.54, 1.807) is 0 Å². The van der Waals surface area contributed by atoms with Gasteiger partial charge >= 0.3 is 0 Å². The number of hydrazone groups is 1. The van der Waals surface area contributed by atoms with Crippen LogP contribution in [0.5, 0.6) is 0 Å². The van der Waals surface area contributed by atoms with Crippen molar-refractivity contribution in [1.29, 1.82) is 0 Å². The molecular weight excluding hydrogens is 540 g/mol. The predicted molar refractivity (Wildman–Crippen MR) is 164 cm³/mol. The maximum Gasteiger partial charge on any atom is 0.253 e. The first-order chi connectivity index (χ1) is 19.4. The second kappa shape index (κ2) is 12.4. The molecule has 0 radical (unpaired) electrons. The van der Waals surface area contributed by atoms with E-state index in [9.17, 15) is 4.79 Å². The number of benzene rings is 4. The number of carbonyl (C=O) groups is 1. The monoisotopic (exact) mass is 568 g/mol. The number of para-hydroxylation sites is 1. The predicted octanol–water partition coefficient (Wildman–Crippen LogP) is 7.02. The number of anilines is 1. The number of aromatic nitrogens is 3. The lowest BCUT2D eigenvalue weighted by molar-refractivity contribution is -0.120. The first kappa shape index (κ1) is 27.4. The summed E-state index contributed by atoms with van der Waals surface area (Å²) in [7, 11) is 0. The SMILES string of the molecule is C/C(=N/NC(=O)[C@H](C)Sc1nnc(CNc2ccc(Cl)cc2C)n1-c1ccccc1)c1ccc2ccccc2c1. The Morgan fingerprint density at radius 3 is 2.50 bits per heavy atom. The van der Waals surface area contributed by atoms with E-state index in [1.807, 2.05) is 92.1 Å². The van der Waals surface area contributed by atoms with Gasteiger partial charge in [-0.05, 0) is 79.1 Å². The van der Waals surface area contributed by atoms with Gasteiger partial charge in [0.2, 0.25) is 0 Å². The van der Waals surface area contributed by atoms with E-state index in [0.717, 1.165) is 44.8 Å². The Morgan fingerprint density at radius 1 is 0.975 bits per heavy atom. The van der Waals surface area contributed by atoms with Crippen LogP contribution in [0.4, 0.5) is 5.69 Å². The highest BCUT2D eigenvalue weighted by molar-refractivity contribution is 8.00. The Kier molecular flexibility index (Phi) is 8.48. The molecular formula is C31H29ClN6OS. The van der Waals surface area contributed by atoms with Crippen molar-refractivity contribution in [3.8, 4) is 5.69 Å². The summed E-state index contributed by atoms with van der Waals surface area (Å²) < 4.78 is 1.97. The Balaban J connectivity index is 1.31. The summed E-state index contributed by atoms with van der Waals surface area (Å²) in [5.41, 5.74) is 7.33. The van der Waals surface area contributed by atoms with E-state index in [2.05, 4.69) is 50.3 Å². The van der Waals surface area contributed by atoms with Gasteiger partial charge in [-0.25, -0.2) is 5.43 Å². The molecule has 1 amide bonds. The molecule has 0 saturated heterocycles. The van der Waals surface area contributed by atoms with Crippen LogP contribution in [0, 0.1) is 6.92 Å². The van der Waals surface area contributed by atoms with Crippen molar-refractivity contribution < 1.29 is 4.79 Å². The van der Waals surface area contributed by atoms with E-state index in [4.69, 9.17) is 11.6 Å². The number of nitrogens with one attached hydrogen (secondary N) is 2. The molecule has 0 aliphatic carbocycles. The van der Waals surface area contributed by atoms with E-state index < -0.39 is 5.25 Å². The van der Waals surface area contributed by atoms with Gasteiger partial charge < -0.3 is 5.32 Å². The Morgan fingerprint density at radius 2 is 1.73 bits per heavy atom. The maximum atomic E-state index is 13.0. The number of nitrogens with zero attached hydrogens (tertiary/aromatic N) is 4. The van der Waals surface area contributed by atoms with Crippen molar-refractivity contribution in [1.82, 2.24) is 20.2 Å². The summed E-state index contributed by atoms with van der Waals surface area (Å²) in [4.78, 5) is 13.0. The molecule has 9 heteroatoms. The van der Waals surface area contributed by atoms with Crippen molar-refractivity contribution in [2.45, 2.75) is 37.7 Å². The van der Waals surface area contributed by atoms with Crippen molar-refractivity contribution in [2.75, 3.05) is 5.32 Å². The number of aryl methyl sites for hydroxylation is 1. The Bertz CT molecular complexity index is 1680. The molecule has 4 aromatic carbocycles. The first-order valence-electron chi connectivity index (χ1n) is 12.9. The van der Waals surface area contributed by atoms with Gasteiger partial charge in [0.25, 0.3) is 5.91 Å². The van der Waals surface area contributed by atoms with E-state index in [-0.39, 0.29) is 5.91 Å². The minimum Gasteiger partial charge on any atom is -0.378 e. The van der Waals surface area contributed by atoms with Gasteiger partial charge in [0.05, 0.1) is 17.5 Å². The smallest absolute Gasteiger partial charge is 0.253 e. The summed E-state index contributed by atoms with van der Waals surface area (Å²) >= 11 is 7.44. The Labute approximate surface area is 242 Å². The van der Waals surface area contributed by atoms with Gasteiger partial charge in [-0.15, -0.1) is 10.2 Å². The van der Waals surface area contributed by atoms with Crippen molar-refractivity contribution in [2.24, 2.45) is 5.10 Å². The Hall–Kier alpha value is -4.14. The highest BCUT2D eigenvalue weighted by Crippen LogP contribution is 2.27. The van der Waals surface area contributed by atoms with Gasteiger partial charge in [0, 0.05) is 16.4 Å². The molecule has 1 atom stereocenters. The fourth-order valence-electron chi connectivity index (χ4n) is 4.25. The molecule has 1 heterocycles. The normalized spacial score (nSPS) is 12.3. The molecule has 2 N–H and O–H groups in total. The van der Waals surface area contributed by atoms with Crippen LogP contribution >= 0.6 is 23.4 Å². The number of fused-ring (bicyclic) bond motifs is 1. The number of hydrogen-bond donors (Lipinski definition) is 2. The lowest BCUT2D eigenvalue weighted by Gasteiger charge is -2.14. The summed E-state index contributed by atoms with van der Waals surface area (Å²) in [5.74, 6) is 0.505. The molecule has 0 fully saturated rings. The van der Waals surface area contributed by atoms with Crippen LogP contribution < -0.4 is 10.7 Å². The zero-order chi connectivity index (χ0) is 28.1. The van der Waals surface area contributed by atoms with Crippen LogP contribution in [0.3, 0.4) is 0 Å². The second-order valence-corrected chi connectivity index (χ2v) is 11.1. The van der Waals surface area contributed by atoms with Crippen molar-refractivity contribution >= 4 is 51.4 Å². The highest BCUT2D eigenvalue weighted by atomic mass is 35.5. The molecule has 0 aliphatic rings. The lowest BCUT2D eigenvalue weighted by Crippen LogP contribution is -2.28. The molecule has 0 unspecified atom stereocenters. The quantitative estimate of drug-likeness (QED) is 0.113. The highest BCUT2D eigenvalue weighted by Gasteiger charge is 2.21. The van der Waals surface area contributed by atoms with Crippen LogP contribution in [-0.2, 0) is 11.3 Å². The molecule has 202 valence electrons. The van der Waals surface area contributed by atoms with Crippen LogP contribution in [0.1, 0.15) is 30.8 Å². The number of carbonyl (C=O) groups excluding carboxylic acids is 1. The van der Waals surface area contributed by atoms with Crippen molar-refractivity contribution in [3.05, 3.63) is 113 Å². The average molecular weight is 569 g/mol. The standard InChI is InChI=1S/C31H29ClN6OS/c1-20-17-26(32)15-16-28(20)33-19-29-35-37-31(38(29)27-11-5-4-6-12-27)40-22(3)30(39)36-34-21(2)24-14-13-23-9-7-8-10-25(23)18-24/h4-18,22,33H,19H2,1-3H3,(H,36,39)/b34-21-/t22-/m0/s1. The first-order valence-corrected chi connectivity index (χ1v) is 14.1. The average Bonchev–Trinajstić information content (AvgIpc) is 3.37. The third kappa shape index (κ3) is 6.35. The van der Waals surface area contributed by atoms with E-state index in [0.29, 0.717) is 16.7 Å². The third-order valence-electron chi connectivity index (χ3n) is 6.49. The second-order valence-electron chi connectivity index (χ2n) is 9.38. The zero-order valence-corrected chi connectivity index (χ0v) is 24.0. The fourth-order valence-corrected chi connectivity index (χ4v) is 5.35. The molecule has 0 bridgehead atoms. The summed E-state index contributed by atoms with van der Waals surface area (Å²) in [6.45, 7) is 6.17. The molecule has 40 heavy (non-hydrogen) atoms. The largest absolute Gasteiger partial charge is 0.378 e. The molecule has 5 rings (SSSR count). The third-order valence-corrected chi connectivity index (χ3v) is 7.77. The van der Waals surface area contributed by atoms with Gasteiger partial charge in [-0.2, -0.15) is 5.10 Å². The van der Waals surface area contributed by atoms with Crippen molar-refractivity contribution in [3.63, 3.8) is 0 Å². The molecule has 1 aromatic heterocycles. The maximum absolute atomic E-state index is 13.0. The minimum absolute atomic E-state index is 0.218. The number of hydrogen-bond acceptors (Lipinski definition) is 6. The minimum atomic E-state index is -0.459. The van der Waals surface area contributed by atoms with Crippen LogP contribution in [0.15, 0.2) is 101 Å². The number of rotatable bonds is 9. The van der Waals surface area contributed by atoms with Crippen LogP contribution in [0.25, 0.3) is 16.5 Å². The van der Waals surface area contributed by atoms with Gasteiger partial charge in [-0.1, -0.05) is 78.0 Å². The fraction of sp³-hybridized carbons (Fsp3) is 0.161. The summed E-state index contributed by atoms with van der Waals surface area (Å²) in [6.07, 6.45) is 0. The molecule has 0 spiro atoms. The molecule has 0 aliphatic heterocycles. The number of thioether (sulfide) groups is 1. The molecule has 0 saturated carbocycles. The summed E-state index contributed by atoms with van der Waals surface area (Å²) in [5, 5.41) is 19.8. The van der Waals surface area contributed by atoms with Gasteiger partial charge in [0.15, 0.2) is 11.0 Å². The number of amides is 1. The zero-order valence-electron chi connectivity index (χ0n) is 22.4. The van der Waals surface area contributed by atoms with E-state index in [1.165, 1.54) is 11.8 Å². The van der Waals surface area contributed by atoms with Crippen LogP contribution in [0.2, 0.25) is 5.02 Å². The van der Waals surface area contributed by atoms with Crippen LogP contribution in [-0.4, -0.2) is 31.6 Å². The van der Waals surface area contributed by atoms with Gasteiger partial charge in [-0.3, -0.25) is 9.36 Å². The topological polar surface area (TPSA) is 84.2 Å². The lowest BCUT2D eigenvalue weighted by atomic mass is 10.0. The van der Waals surface area contributed by atoms with Gasteiger partial charge in [0.1, 0.15) is 0 Å². The number of halogens is 1. The summed E-state index contributed by atoms with van der Waals surface area (Å²) in [6, 6.07) is 29.9.